The van der Waals surface area contributed by atoms with E-state index in [1.165, 1.54) is 6.07 Å². The molecule has 1 amide bonds. The number of rotatable bonds is 3. The molecule has 1 N–H and O–H groups in total. The van der Waals surface area contributed by atoms with Crippen LogP contribution in [0.3, 0.4) is 0 Å². The molecule has 0 saturated heterocycles. The Morgan fingerprint density at radius 3 is 2.62 bits per heavy atom. The number of benzene rings is 2. The normalized spacial score (nSPS) is 10.2. The summed E-state index contributed by atoms with van der Waals surface area (Å²) in [6.07, 6.45) is 0. The fraction of sp³-hybridized carbons (Fsp3) is 0.0714. The fourth-order valence-corrected chi connectivity index (χ4v) is 2.41. The summed E-state index contributed by atoms with van der Waals surface area (Å²) in [6.45, 7) is 1.84. The molecular weight excluding hydrogens is 343 g/mol. The molecule has 108 valence electrons. The van der Waals surface area contributed by atoms with Crippen LogP contribution in [-0.2, 0) is 0 Å². The minimum atomic E-state index is -0.948. The number of anilines is 1. The lowest BCUT2D eigenvalue weighted by Gasteiger charge is -2.07. The van der Waals surface area contributed by atoms with Crippen molar-refractivity contribution < 1.29 is 14.1 Å². The SMILES string of the molecule is Cc1cc(Br)cc(C(=O)Nc2ccc(F)c([N+](=O)[O-])c2)c1. The Morgan fingerprint density at radius 2 is 2.00 bits per heavy atom. The first kappa shape index (κ1) is 15.1. The molecule has 0 unspecified atom stereocenters. The van der Waals surface area contributed by atoms with Gasteiger partial charge in [0.2, 0.25) is 5.82 Å². The molecule has 7 heteroatoms. The molecule has 0 spiro atoms. The highest BCUT2D eigenvalue weighted by Gasteiger charge is 2.16. The molecule has 2 aromatic carbocycles. The first-order chi connectivity index (χ1) is 9.86. The lowest BCUT2D eigenvalue weighted by atomic mass is 10.1. The van der Waals surface area contributed by atoms with Crippen LogP contribution in [0, 0.1) is 22.9 Å². The van der Waals surface area contributed by atoms with Gasteiger partial charge in [0, 0.05) is 21.8 Å². The van der Waals surface area contributed by atoms with E-state index in [-0.39, 0.29) is 5.69 Å². The zero-order chi connectivity index (χ0) is 15.6. The zero-order valence-electron chi connectivity index (χ0n) is 10.9. The van der Waals surface area contributed by atoms with E-state index >= 15 is 0 Å². The van der Waals surface area contributed by atoms with Crippen LogP contribution in [0.5, 0.6) is 0 Å². The van der Waals surface area contributed by atoms with Crippen molar-refractivity contribution in [1.29, 1.82) is 0 Å². The van der Waals surface area contributed by atoms with Crippen molar-refractivity contribution in [1.82, 2.24) is 0 Å². The third-order valence-corrected chi connectivity index (χ3v) is 3.16. The summed E-state index contributed by atoms with van der Waals surface area (Å²) in [7, 11) is 0. The lowest BCUT2D eigenvalue weighted by Crippen LogP contribution is -2.12. The Balaban J connectivity index is 2.27. The molecule has 2 rings (SSSR count). The summed E-state index contributed by atoms with van der Waals surface area (Å²) >= 11 is 3.29. The van der Waals surface area contributed by atoms with Gasteiger partial charge in [-0.05, 0) is 42.8 Å². The van der Waals surface area contributed by atoms with Crippen molar-refractivity contribution in [3.05, 3.63) is 67.9 Å². The second-order valence-corrected chi connectivity index (χ2v) is 5.31. The molecule has 0 aliphatic heterocycles. The van der Waals surface area contributed by atoms with Crippen LogP contribution in [0.4, 0.5) is 15.8 Å². The number of nitrogens with zero attached hydrogens (tertiary/aromatic N) is 1. The van der Waals surface area contributed by atoms with E-state index < -0.39 is 22.3 Å². The van der Waals surface area contributed by atoms with Crippen LogP contribution in [0.1, 0.15) is 15.9 Å². The predicted octanol–water partition coefficient (Wildman–Crippen LogP) is 4.06. The van der Waals surface area contributed by atoms with E-state index in [2.05, 4.69) is 21.2 Å². The minimum absolute atomic E-state index is 0.158. The van der Waals surface area contributed by atoms with E-state index in [1.807, 2.05) is 13.0 Å². The average Bonchev–Trinajstić information content (AvgIpc) is 2.39. The van der Waals surface area contributed by atoms with Crippen molar-refractivity contribution in [2.45, 2.75) is 6.92 Å². The maximum absolute atomic E-state index is 13.2. The van der Waals surface area contributed by atoms with E-state index in [0.717, 1.165) is 22.2 Å². The van der Waals surface area contributed by atoms with Crippen LogP contribution in [-0.4, -0.2) is 10.8 Å². The van der Waals surface area contributed by atoms with Gasteiger partial charge >= 0.3 is 5.69 Å². The number of carbonyl (C=O) groups is 1. The van der Waals surface area contributed by atoms with Crippen molar-refractivity contribution in [2.75, 3.05) is 5.32 Å². The highest BCUT2D eigenvalue weighted by molar-refractivity contribution is 9.10. The van der Waals surface area contributed by atoms with Crippen molar-refractivity contribution >= 4 is 33.2 Å². The van der Waals surface area contributed by atoms with Gasteiger partial charge in [-0.15, -0.1) is 0 Å². The fourth-order valence-electron chi connectivity index (χ4n) is 1.80. The van der Waals surface area contributed by atoms with Crippen molar-refractivity contribution in [3.63, 3.8) is 0 Å². The molecule has 0 saturated carbocycles. The van der Waals surface area contributed by atoms with Gasteiger partial charge in [-0.25, -0.2) is 0 Å². The Labute approximate surface area is 128 Å². The number of nitro benzene ring substituents is 1. The summed E-state index contributed by atoms with van der Waals surface area (Å²) in [5, 5.41) is 13.2. The summed E-state index contributed by atoms with van der Waals surface area (Å²) in [5.74, 6) is -1.38. The van der Waals surface area contributed by atoms with Crippen LogP contribution < -0.4 is 5.32 Å². The van der Waals surface area contributed by atoms with Crippen LogP contribution in [0.15, 0.2) is 40.9 Å². The summed E-state index contributed by atoms with van der Waals surface area (Å²) in [5.41, 5.74) is 0.761. The highest BCUT2D eigenvalue weighted by atomic mass is 79.9. The van der Waals surface area contributed by atoms with Crippen LogP contribution in [0.25, 0.3) is 0 Å². The van der Waals surface area contributed by atoms with Gasteiger partial charge in [-0.1, -0.05) is 15.9 Å². The van der Waals surface area contributed by atoms with E-state index in [4.69, 9.17) is 0 Å². The van der Waals surface area contributed by atoms with Gasteiger partial charge in [-0.2, -0.15) is 4.39 Å². The smallest absolute Gasteiger partial charge is 0.306 e. The lowest BCUT2D eigenvalue weighted by molar-refractivity contribution is -0.387. The average molecular weight is 353 g/mol. The second-order valence-electron chi connectivity index (χ2n) is 4.39. The Bertz CT molecular complexity index is 714. The van der Waals surface area contributed by atoms with Crippen LogP contribution in [0.2, 0.25) is 0 Å². The van der Waals surface area contributed by atoms with Gasteiger partial charge in [0.1, 0.15) is 0 Å². The number of amides is 1. The number of nitro groups is 1. The molecule has 0 aliphatic rings. The number of hydrogen-bond donors (Lipinski definition) is 1. The quantitative estimate of drug-likeness (QED) is 0.668. The third-order valence-electron chi connectivity index (χ3n) is 2.71. The van der Waals surface area contributed by atoms with Gasteiger partial charge in [0.05, 0.1) is 4.92 Å². The first-order valence-corrected chi connectivity index (χ1v) is 6.68. The number of nitrogens with one attached hydrogen (secondary N) is 1. The molecule has 0 bridgehead atoms. The largest absolute Gasteiger partial charge is 0.322 e. The minimum Gasteiger partial charge on any atom is -0.322 e. The number of halogens is 2. The second kappa shape index (κ2) is 6.01. The molecule has 0 aliphatic carbocycles. The maximum Gasteiger partial charge on any atom is 0.306 e. The highest BCUT2D eigenvalue weighted by Crippen LogP contribution is 2.22. The molecular formula is C14H10BrFN2O3. The van der Waals surface area contributed by atoms with Crippen LogP contribution >= 0.6 is 15.9 Å². The summed E-state index contributed by atoms with van der Waals surface area (Å²) in [4.78, 5) is 21.9. The monoisotopic (exact) mass is 352 g/mol. The molecule has 0 atom stereocenters. The molecule has 0 heterocycles. The van der Waals surface area contributed by atoms with E-state index in [1.54, 1.807) is 12.1 Å². The molecule has 0 aromatic heterocycles. The van der Waals surface area contributed by atoms with E-state index in [0.29, 0.717) is 5.56 Å². The Morgan fingerprint density at radius 1 is 1.29 bits per heavy atom. The summed E-state index contributed by atoms with van der Waals surface area (Å²) in [6, 6.07) is 8.35. The number of aryl methyl sites for hydroxylation is 1. The van der Waals surface area contributed by atoms with Gasteiger partial charge in [-0.3, -0.25) is 14.9 Å². The Hall–Kier alpha value is -2.28. The first-order valence-electron chi connectivity index (χ1n) is 5.89. The maximum atomic E-state index is 13.2. The van der Waals surface area contributed by atoms with E-state index in [9.17, 15) is 19.3 Å². The standard InChI is InChI=1S/C14H10BrFN2O3/c1-8-4-9(6-10(15)5-8)14(19)17-11-2-3-12(16)13(7-11)18(20)21/h2-7H,1H3,(H,17,19). The molecule has 21 heavy (non-hydrogen) atoms. The van der Waals surface area contributed by atoms with Crippen molar-refractivity contribution in [3.8, 4) is 0 Å². The topological polar surface area (TPSA) is 72.2 Å². The van der Waals surface area contributed by atoms with Gasteiger partial charge in [0.15, 0.2) is 0 Å². The zero-order valence-corrected chi connectivity index (χ0v) is 12.5. The van der Waals surface area contributed by atoms with Crippen molar-refractivity contribution in [2.24, 2.45) is 0 Å². The predicted molar refractivity (Wildman–Crippen MR) is 79.9 cm³/mol. The number of carbonyl (C=O) groups excluding carboxylic acids is 1. The summed E-state index contributed by atoms with van der Waals surface area (Å²) < 4.78 is 14.0. The van der Waals surface area contributed by atoms with Gasteiger partial charge < -0.3 is 5.32 Å². The van der Waals surface area contributed by atoms with Gasteiger partial charge in [0.25, 0.3) is 5.91 Å². The molecule has 2 aromatic rings. The number of hydrogen-bond acceptors (Lipinski definition) is 3. The Kier molecular flexibility index (Phi) is 4.32. The third kappa shape index (κ3) is 3.63. The molecule has 0 radical (unpaired) electrons. The molecule has 0 fully saturated rings. The molecule has 5 nitrogen and oxygen atoms in total.